The zero-order chi connectivity index (χ0) is 14.5. The number of aliphatic hydroxyl groups excluding tert-OH is 1. The predicted molar refractivity (Wildman–Crippen MR) is 73.4 cm³/mol. The number of amides is 2. The molecule has 2 aliphatic heterocycles. The molecule has 6 heteroatoms. The van der Waals surface area contributed by atoms with E-state index in [0.717, 1.165) is 32.2 Å². The van der Waals surface area contributed by atoms with Crippen molar-refractivity contribution >= 4 is 12.0 Å². The Kier molecular flexibility index (Phi) is 5.23. The molecule has 0 aromatic rings. The predicted octanol–water partition coefficient (Wildman–Crippen LogP) is 1.14. The van der Waals surface area contributed by atoms with Crippen LogP contribution in [-0.4, -0.2) is 64.3 Å². The van der Waals surface area contributed by atoms with Gasteiger partial charge in [-0.3, -0.25) is 4.79 Å². The summed E-state index contributed by atoms with van der Waals surface area (Å²) in [5.74, 6) is -0.474. The fourth-order valence-electron chi connectivity index (χ4n) is 3.19. The molecule has 0 aliphatic carbocycles. The molecule has 2 aliphatic rings. The molecular weight excluding hydrogens is 260 g/mol. The summed E-state index contributed by atoms with van der Waals surface area (Å²) in [6.45, 7) is 2.11. The number of aliphatic hydroxyl groups is 1. The largest absolute Gasteiger partial charge is 0.481 e. The number of hydrogen-bond donors (Lipinski definition) is 2. The van der Waals surface area contributed by atoms with Gasteiger partial charge in [0.2, 0.25) is 0 Å². The Morgan fingerprint density at radius 3 is 2.65 bits per heavy atom. The van der Waals surface area contributed by atoms with Crippen LogP contribution in [0.4, 0.5) is 4.79 Å². The third kappa shape index (κ3) is 3.62. The summed E-state index contributed by atoms with van der Waals surface area (Å²) >= 11 is 0. The standard InChI is InChI=1S/C14H24N2O4/c17-10-12-3-1-2-7-16(12)14(20)15-8-6-11(9-15)4-5-13(18)19/h11-12,17H,1-10H2,(H,18,19). The molecule has 2 fully saturated rings. The van der Waals surface area contributed by atoms with Gasteiger partial charge in [0, 0.05) is 26.1 Å². The number of carbonyl (C=O) groups excluding carboxylic acids is 1. The van der Waals surface area contributed by atoms with Gasteiger partial charge in [-0.2, -0.15) is 0 Å². The van der Waals surface area contributed by atoms with Gasteiger partial charge in [0.05, 0.1) is 12.6 Å². The molecule has 0 saturated carbocycles. The lowest BCUT2D eigenvalue weighted by Crippen LogP contribution is -2.51. The molecule has 2 saturated heterocycles. The van der Waals surface area contributed by atoms with Crippen LogP contribution in [0.5, 0.6) is 0 Å². The van der Waals surface area contributed by atoms with E-state index in [1.165, 1.54) is 0 Å². The monoisotopic (exact) mass is 284 g/mol. The lowest BCUT2D eigenvalue weighted by atomic mass is 10.0. The maximum atomic E-state index is 12.5. The van der Waals surface area contributed by atoms with Crippen LogP contribution in [0.2, 0.25) is 0 Å². The molecule has 0 aromatic heterocycles. The first-order chi connectivity index (χ1) is 9.61. The highest BCUT2D eigenvalue weighted by Crippen LogP contribution is 2.25. The highest BCUT2D eigenvalue weighted by Gasteiger charge is 2.33. The van der Waals surface area contributed by atoms with Crippen LogP contribution >= 0.6 is 0 Å². The number of urea groups is 1. The van der Waals surface area contributed by atoms with Crippen molar-refractivity contribution in [2.75, 3.05) is 26.2 Å². The van der Waals surface area contributed by atoms with Gasteiger partial charge in [-0.25, -0.2) is 4.79 Å². The molecule has 0 spiro atoms. The van der Waals surface area contributed by atoms with Gasteiger partial charge in [-0.05, 0) is 38.0 Å². The molecule has 0 radical (unpaired) electrons. The fraction of sp³-hybridized carbons (Fsp3) is 0.857. The summed E-state index contributed by atoms with van der Waals surface area (Å²) in [4.78, 5) is 26.7. The lowest BCUT2D eigenvalue weighted by Gasteiger charge is -2.37. The Hall–Kier alpha value is -1.30. The molecule has 20 heavy (non-hydrogen) atoms. The van der Waals surface area contributed by atoms with Crippen molar-refractivity contribution in [2.45, 2.75) is 44.6 Å². The van der Waals surface area contributed by atoms with Crippen LogP contribution in [0.1, 0.15) is 38.5 Å². The summed E-state index contributed by atoms with van der Waals surface area (Å²) in [7, 11) is 0. The van der Waals surface area contributed by atoms with Crippen molar-refractivity contribution in [1.29, 1.82) is 0 Å². The molecule has 0 bridgehead atoms. The molecule has 2 heterocycles. The Labute approximate surface area is 119 Å². The van der Waals surface area contributed by atoms with Gasteiger partial charge >= 0.3 is 12.0 Å². The first-order valence-electron chi connectivity index (χ1n) is 7.50. The minimum Gasteiger partial charge on any atom is -0.481 e. The molecule has 114 valence electrons. The average Bonchev–Trinajstić information content (AvgIpc) is 2.93. The Bertz CT molecular complexity index is 361. The first kappa shape index (κ1) is 15.1. The second kappa shape index (κ2) is 6.92. The van der Waals surface area contributed by atoms with E-state index in [4.69, 9.17) is 5.11 Å². The van der Waals surface area contributed by atoms with E-state index in [1.807, 2.05) is 4.90 Å². The normalized spacial score (nSPS) is 26.9. The van der Waals surface area contributed by atoms with Crippen LogP contribution in [0.3, 0.4) is 0 Å². The summed E-state index contributed by atoms with van der Waals surface area (Å²) in [6.07, 6.45) is 4.64. The van der Waals surface area contributed by atoms with Crippen molar-refractivity contribution in [3.8, 4) is 0 Å². The summed E-state index contributed by atoms with van der Waals surface area (Å²) in [5, 5.41) is 18.1. The van der Waals surface area contributed by atoms with E-state index < -0.39 is 5.97 Å². The second-order valence-electron chi connectivity index (χ2n) is 5.84. The van der Waals surface area contributed by atoms with Gasteiger partial charge in [0.15, 0.2) is 0 Å². The van der Waals surface area contributed by atoms with Gasteiger partial charge in [0.25, 0.3) is 0 Å². The van der Waals surface area contributed by atoms with E-state index in [9.17, 15) is 14.7 Å². The van der Waals surface area contributed by atoms with Crippen LogP contribution in [-0.2, 0) is 4.79 Å². The minimum atomic E-state index is -0.772. The number of carboxylic acids is 1. The SMILES string of the molecule is O=C(O)CCC1CCN(C(=O)N2CCCCC2CO)C1. The smallest absolute Gasteiger partial charge is 0.320 e. The number of hydrogen-bond acceptors (Lipinski definition) is 3. The van der Waals surface area contributed by atoms with Crippen LogP contribution < -0.4 is 0 Å². The molecule has 6 nitrogen and oxygen atoms in total. The number of rotatable bonds is 4. The summed E-state index contributed by atoms with van der Waals surface area (Å²) < 4.78 is 0. The van der Waals surface area contributed by atoms with Crippen LogP contribution in [0.25, 0.3) is 0 Å². The van der Waals surface area contributed by atoms with Crippen molar-refractivity contribution in [1.82, 2.24) is 9.80 Å². The molecular formula is C14H24N2O4. The fourth-order valence-corrected chi connectivity index (χ4v) is 3.19. The van der Waals surface area contributed by atoms with E-state index in [1.54, 1.807) is 4.90 Å². The Morgan fingerprint density at radius 1 is 1.15 bits per heavy atom. The van der Waals surface area contributed by atoms with Gasteiger partial charge in [0.1, 0.15) is 0 Å². The van der Waals surface area contributed by atoms with E-state index in [2.05, 4.69) is 0 Å². The highest BCUT2D eigenvalue weighted by molar-refractivity contribution is 5.75. The molecule has 2 N–H and O–H groups in total. The lowest BCUT2D eigenvalue weighted by molar-refractivity contribution is -0.137. The molecule has 2 atom stereocenters. The number of aliphatic carboxylic acids is 1. The molecule has 2 amide bonds. The summed E-state index contributed by atoms with van der Waals surface area (Å²) in [6, 6.07) is -0.0316. The topological polar surface area (TPSA) is 81.1 Å². The molecule has 0 aromatic carbocycles. The molecule has 2 unspecified atom stereocenters. The van der Waals surface area contributed by atoms with Gasteiger partial charge < -0.3 is 20.0 Å². The molecule has 2 rings (SSSR count). The van der Waals surface area contributed by atoms with E-state index in [0.29, 0.717) is 25.4 Å². The van der Waals surface area contributed by atoms with Gasteiger partial charge in [-0.15, -0.1) is 0 Å². The van der Waals surface area contributed by atoms with Gasteiger partial charge in [-0.1, -0.05) is 0 Å². The number of likely N-dealkylation sites (tertiary alicyclic amines) is 2. The van der Waals surface area contributed by atoms with Crippen LogP contribution in [0.15, 0.2) is 0 Å². The Balaban J connectivity index is 1.85. The van der Waals surface area contributed by atoms with Crippen molar-refractivity contribution in [3.63, 3.8) is 0 Å². The van der Waals surface area contributed by atoms with Crippen molar-refractivity contribution < 1.29 is 19.8 Å². The number of piperidine rings is 1. The first-order valence-corrected chi connectivity index (χ1v) is 7.50. The second-order valence-corrected chi connectivity index (χ2v) is 5.84. The quantitative estimate of drug-likeness (QED) is 0.811. The van der Waals surface area contributed by atoms with Crippen molar-refractivity contribution in [2.24, 2.45) is 5.92 Å². The number of carboxylic acid groups (broad SMARTS) is 1. The average molecular weight is 284 g/mol. The zero-order valence-corrected chi connectivity index (χ0v) is 11.8. The maximum Gasteiger partial charge on any atom is 0.320 e. The highest BCUT2D eigenvalue weighted by atomic mass is 16.4. The van der Waals surface area contributed by atoms with Crippen molar-refractivity contribution in [3.05, 3.63) is 0 Å². The maximum absolute atomic E-state index is 12.5. The van der Waals surface area contributed by atoms with E-state index >= 15 is 0 Å². The number of carbonyl (C=O) groups is 2. The Morgan fingerprint density at radius 2 is 1.95 bits per heavy atom. The van der Waals surface area contributed by atoms with Crippen LogP contribution in [0, 0.1) is 5.92 Å². The zero-order valence-electron chi connectivity index (χ0n) is 11.8. The minimum absolute atomic E-state index is 0.0153. The number of nitrogens with zero attached hydrogens (tertiary/aromatic N) is 2. The summed E-state index contributed by atoms with van der Waals surface area (Å²) in [5.41, 5.74) is 0. The third-order valence-electron chi connectivity index (χ3n) is 4.41. The van der Waals surface area contributed by atoms with E-state index in [-0.39, 0.29) is 25.1 Å². The third-order valence-corrected chi connectivity index (χ3v) is 4.41.